The Bertz CT molecular complexity index is 484. The first kappa shape index (κ1) is 13.5. The molecule has 0 saturated carbocycles. The number of aryl methyl sites for hydroxylation is 1. The maximum absolute atomic E-state index is 12.4. The van der Waals surface area contributed by atoms with Crippen molar-refractivity contribution in [3.63, 3.8) is 0 Å². The molecule has 2 unspecified atom stereocenters. The van der Waals surface area contributed by atoms with Gasteiger partial charge in [-0.2, -0.15) is 5.10 Å². The number of amides is 2. The average molecular weight is 265 g/mol. The van der Waals surface area contributed by atoms with E-state index < -0.39 is 12.1 Å². The van der Waals surface area contributed by atoms with E-state index in [1.165, 1.54) is 0 Å². The van der Waals surface area contributed by atoms with Crippen molar-refractivity contribution >= 4 is 11.8 Å². The lowest BCUT2D eigenvalue weighted by atomic mass is 10.1. The van der Waals surface area contributed by atoms with Crippen LogP contribution in [0.4, 0.5) is 0 Å². The minimum absolute atomic E-state index is 0.111. The van der Waals surface area contributed by atoms with E-state index in [0.717, 1.165) is 0 Å². The Morgan fingerprint density at radius 1 is 1.68 bits per heavy atom. The Hall–Kier alpha value is -1.89. The Morgan fingerprint density at radius 3 is 3.00 bits per heavy atom. The molecule has 7 nitrogen and oxygen atoms in total. The number of hydrogen-bond acceptors (Lipinski definition) is 4. The lowest BCUT2D eigenvalue weighted by Gasteiger charge is -2.35. The number of nitrogens with one attached hydrogen (secondary N) is 1. The largest absolute Gasteiger partial charge is 0.353 e. The van der Waals surface area contributed by atoms with Gasteiger partial charge in [0.05, 0.1) is 6.20 Å². The van der Waals surface area contributed by atoms with E-state index in [1.54, 1.807) is 29.0 Å². The lowest BCUT2D eigenvalue weighted by Crippen LogP contribution is -2.58. The molecule has 1 fully saturated rings. The zero-order valence-electron chi connectivity index (χ0n) is 11.2. The highest BCUT2D eigenvalue weighted by molar-refractivity contribution is 5.91. The van der Waals surface area contributed by atoms with Gasteiger partial charge in [0.25, 0.3) is 0 Å². The molecule has 0 bridgehead atoms. The molecule has 0 aliphatic carbocycles. The van der Waals surface area contributed by atoms with Gasteiger partial charge in [-0.05, 0) is 6.42 Å². The summed E-state index contributed by atoms with van der Waals surface area (Å²) in [6, 6.07) is -1.20. The zero-order chi connectivity index (χ0) is 14.0. The molecular formula is C12H19N5O2. The SMILES string of the molecule is CCC1C(=O)NCCN1C(=O)C(N)c1cnn(C)c1. The normalized spacial score (nSPS) is 21.1. The summed E-state index contributed by atoms with van der Waals surface area (Å²) in [7, 11) is 1.77. The Morgan fingerprint density at radius 2 is 2.42 bits per heavy atom. The van der Waals surface area contributed by atoms with Gasteiger partial charge in [0, 0.05) is 31.9 Å². The Labute approximate surface area is 111 Å². The lowest BCUT2D eigenvalue weighted by molar-refractivity contribution is -0.144. The Kier molecular flexibility index (Phi) is 3.84. The highest BCUT2D eigenvalue weighted by Gasteiger charge is 2.34. The van der Waals surface area contributed by atoms with Crippen LogP contribution >= 0.6 is 0 Å². The first-order chi connectivity index (χ1) is 9.04. The number of carbonyl (C=O) groups is 2. The Balaban J connectivity index is 2.15. The minimum Gasteiger partial charge on any atom is -0.353 e. The minimum atomic E-state index is -0.770. The maximum atomic E-state index is 12.4. The van der Waals surface area contributed by atoms with E-state index in [2.05, 4.69) is 10.4 Å². The van der Waals surface area contributed by atoms with Crippen LogP contribution < -0.4 is 11.1 Å². The van der Waals surface area contributed by atoms with Crippen LogP contribution in [0.5, 0.6) is 0 Å². The number of piperazine rings is 1. The highest BCUT2D eigenvalue weighted by atomic mass is 16.2. The van der Waals surface area contributed by atoms with Crippen LogP contribution in [-0.4, -0.2) is 45.6 Å². The van der Waals surface area contributed by atoms with Crippen LogP contribution in [-0.2, 0) is 16.6 Å². The number of nitrogens with two attached hydrogens (primary N) is 1. The van der Waals surface area contributed by atoms with Crippen molar-refractivity contribution < 1.29 is 9.59 Å². The number of nitrogens with zero attached hydrogens (tertiary/aromatic N) is 3. The zero-order valence-corrected chi connectivity index (χ0v) is 11.2. The predicted molar refractivity (Wildman–Crippen MR) is 68.9 cm³/mol. The van der Waals surface area contributed by atoms with E-state index in [-0.39, 0.29) is 11.8 Å². The number of hydrogen-bond donors (Lipinski definition) is 2. The molecule has 1 aromatic rings. The molecule has 1 aliphatic heterocycles. The van der Waals surface area contributed by atoms with Gasteiger partial charge in [-0.1, -0.05) is 6.92 Å². The van der Waals surface area contributed by atoms with E-state index in [0.29, 0.717) is 25.1 Å². The van der Waals surface area contributed by atoms with Gasteiger partial charge in [0.2, 0.25) is 11.8 Å². The van der Waals surface area contributed by atoms with Crippen molar-refractivity contribution in [1.82, 2.24) is 20.0 Å². The fourth-order valence-corrected chi connectivity index (χ4v) is 2.31. The summed E-state index contributed by atoms with van der Waals surface area (Å²) < 4.78 is 1.60. The third kappa shape index (κ3) is 2.60. The molecule has 1 aliphatic rings. The van der Waals surface area contributed by atoms with Gasteiger partial charge in [-0.15, -0.1) is 0 Å². The van der Waals surface area contributed by atoms with Gasteiger partial charge in [0.1, 0.15) is 12.1 Å². The van der Waals surface area contributed by atoms with Crippen molar-refractivity contribution in [3.8, 4) is 0 Å². The third-order valence-electron chi connectivity index (χ3n) is 3.35. The summed E-state index contributed by atoms with van der Waals surface area (Å²) in [5.74, 6) is -0.338. The molecule has 3 N–H and O–H groups in total. The summed E-state index contributed by atoms with van der Waals surface area (Å²) in [6.07, 6.45) is 3.87. The van der Waals surface area contributed by atoms with Crippen LogP contribution in [0.1, 0.15) is 24.9 Å². The van der Waals surface area contributed by atoms with Crippen LogP contribution in [0, 0.1) is 0 Å². The van der Waals surface area contributed by atoms with Gasteiger partial charge in [-0.3, -0.25) is 14.3 Å². The van der Waals surface area contributed by atoms with Crippen molar-refractivity contribution in [2.75, 3.05) is 13.1 Å². The van der Waals surface area contributed by atoms with Crippen molar-refractivity contribution in [2.45, 2.75) is 25.4 Å². The van der Waals surface area contributed by atoms with Crippen molar-refractivity contribution in [3.05, 3.63) is 18.0 Å². The second-order valence-electron chi connectivity index (χ2n) is 4.67. The molecule has 2 amide bonds. The van der Waals surface area contributed by atoms with Gasteiger partial charge >= 0.3 is 0 Å². The monoisotopic (exact) mass is 265 g/mol. The van der Waals surface area contributed by atoms with Crippen LogP contribution in [0.2, 0.25) is 0 Å². The standard InChI is InChI=1S/C12H19N5O2/c1-3-9-11(18)14-4-5-17(9)12(19)10(13)8-6-15-16(2)7-8/h6-7,9-10H,3-5,13H2,1-2H3,(H,14,18). The molecule has 0 aromatic carbocycles. The smallest absolute Gasteiger partial charge is 0.244 e. The quantitative estimate of drug-likeness (QED) is 0.745. The number of rotatable bonds is 3. The summed E-state index contributed by atoms with van der Waals surface area (Å²) >= 11 is 0. The summed E-state index contributed by atoms with van der Waals surface area (Å²) in [5.41, 5.74) is 6.63. The molecular weight excluding hydrogens is 246 g/mol. The van der Waals surface area contributed by atoms with Crippen LogP contribution in [0.25, 0.3) is 0 Å². The molecule has 0 spiro atoms. The topological polar surface area (TPSA) is 93.2 Å². The van der Waals surface area contributed by atoms with E-state index >= 15 is 0 Å². The number of aromatic nitrogens is 2. The fraction of sp³-hybridized carbons (Fsp3) is 0.583. The first-order valence-electron chi connectivity index (χ1n) is 6.37. The third-order valence-corrected chi connectivity index (χ3v) is 3.35. The van der Waals surface area contributed by atoms with Gasteiger partial charge in [0.15, 0.2) is 0 Å². The van der Waals surface area contributed by atoms with Gasteiger partial charge < -0.3 is 16.0 Å². The summed E-state index contributed by atoms with van der Waals surface area (Å²) in [4.78, 5) is 25.7. The summed E-state index contributed by atoms with van der Waals surface area (Å²) in [6.45, 7) is 2.85. The second kappa shape index (κ2) is 5.40. The molecule has 2 rings (SSSR count). The van der Waals surface area contributed by atoms with Crippen molar-refractivity contribution in [2.24, 2.45) is 12.8 Å². The average Bonchev–Trinajstić information content (AvgIpc) is 2.83. The molecule has 1 aromatic heterocycles. The van der Waals surface area contributed by atoms with Crippen LogP contribution in [0.3, 0.4) is 0 Å². The molecule has 0 radical (unpaired) electrons. The van der Waals surface area contributed by atoms with Crippen LogP contribution in [0.15, 0.2) is 12.4 Å². The second-order valence-corrected chi connectivity index (χ2v) is 4.67. The first-order valence-corrected chi connectivity index (χ1v) is 6.37. The highest BCUT2D eigenvalue weighted by Crippen LogP contribution is 2.17. The molecule has 2 atom stereocenters. The maximum Gasteiger partial charge on any atom is 0.244 e. The predicted octanol–water partition coefficient (Wildman–Crippen LogP) is -0.843. The molecule has 7 heteroatoms. The number of carbonyl (C=O) groups excluding carboxylic acids is 2. The van der Waals surface area contributed by atoms with Crippen molar-refractivity contribution in [1.29, 1.82) is 0 Å². The van der Waals surface area contributed by atoms with E-state index in [4.69, 9.17) is 5.73 Å². The molecule has 104 valence electrons. The summed E-state index contributed by atoms with van der Waals surface area (Å²) in [5, 5.41) is 6.77. The molecule has 2 heterocycles. The fourth-order valence-electron chi connectivity index (χ4n) is 2.31. The molecule has 19 heavy (non-hydrogen) atoms. The van der Waals surface area contributed by atoms with Gasteiger partial charge in [-0.25, -0.2) is 0 Å². The van der Waals surface area contributed by atoms with E-state index in [9.17, 15) is 9.59 Å². The molecule has 1 saturated heterocycles. The van der Waals surface area contributed by atoms with E-state index in [1.807, 2.05) is 6.92 Å².